The van der Waals surface area contributed by atoms with Gasteiger partial charge in [0.1, 0.15) is 6.10 Å². The van der Waals surface area contributed by atoms with Gasteiger partial charge in [-0.05, 0) is 50.0 Å². The summed E-state index contributed by atoms with van der Waals surface area (Å²) in [6, 6.07) is 0. The fourth-order valence-corrected chi connectivity index (χ4v) is 4.94. The van der Waals surface area contributed by atoms with E-state index in [2.05, 4.69) is 31.7 Å². The molecule has 0 aromatic carbocycles. The van der Waals surface area contributed by atoms with Crippen LogP contribution < -0.4 is 0 Å². The predicted molar refractivity (Wildman–Crippen MR) is 98.1 cm³/mol. The van der Waals surface area contributed by atoms with E-state index in [4.69, 9.17) is 4.74 Å². The molecule has 4 nitrogen and oxygen atoms in total. The molecular weight excluding hydrogens is 314 g/mol. The summed E-state index contributed by atoms with van der Waals surface area (Å²) in [7, 11) is 0. The number of esters is 1. The van der Waals surface area contributed by atoms with Crippen molar-refractivity contribution in [2.45, 2.75) is 77.4 Å². The minimum absolute atomic E-state index is 0.0460. The fourth-order valence-electron chi connectivity index (χ4n) is 4.94. The van der Waals surface area contributed by atoms with Gasteiger partial charge in [0.25, 0.3) is 0 Å². The lowest BCUT2D eigenvalue weighted by molar-refractivity contribution is -0.170. The SMILES string of the molecule is CC(C)[C@@H]1CC[C@@H](C)C[C@H]1OC(=O)[C@]12C/C=C\CCCN1CCC2=O. The van der Waals surface area contributed by atoms with Gasteiger partial charge in [-0.1, -0.05) is 39.3 Å². The van der Waals surface area contributed by atoms with Gasteiger partial charge in [0, 0.05) is 19.4 Å². The smallest absolute Gasteiger partial charge is 0.334 e. The van der Waals surface area contributed by atoms with E-state index in [1.165, 1.54) is 6.42 Å². The normalized spacial score (nSPS) is 38.1. The zero-order chi connectivity index (χ0) is 18.0. The molecule has 25 heavy (non-hydrogen) atoms. The maximum atomic E-state index is 13.3. The van der Waals surface area contributed by atoms with Crippen LogP contribution in [0.25, 0.3) is 0 Å². The summed E-state index contributed by atoms with van der Waals surface area (Å²) in [4.78, 5) is 28.2. The topological polar surface area (TPSA) is 46.6 Å². The molecular formula is C21H33NO3. The second-order valence-corrected chi connectivity index (χ2v) is 8.61. The van der Waals surface area contributed by atoms with Gasteiger partial charge in [-0.2, -0.15) is 0 Å². The number of allylic oxidation sites excluding steroid dienone is 1. The Labute approximate surface area is 152 Å². The van der Waals surface area contributed by atoms with Crippen LogP contribution in [0.2, 0.25) is 0 Å². The maximum absolute atomic E-state index is 13.3. The third-order valence-electron chi connectivity index (χ3n) is 6.55. The number of carbonyl (C=O) groups excluding carboxylic acids is 2. The molecule has 0 bridgehead atoms. The highest BCUT2D eigenvalue weighted by atomic mass is 16.5. The molecule has 0 spiro atoms. The first-order chi connectivity index (χ1) is 11.9. The van der Waals surface area contributed by atoms with Crippen molar-refractivity contribution in [1.82, 2.24) is 4.90 Å². The first-order valence-corrected chi connectivity index (χ1v) is 10.1. The average Bonchev–Trinajstić information content (AvgIpc) is 2.83. The molecule has 3 aliphatic rings. The zero-order valence-corrected chi connectivity index (χ0v) is 16.0. The monoisotopic (exact) mass is 347 g/mol. The lowest BCUT2D eigenvalue weighted by Crippen LogP contribution is -2.57. The highest BCUT2D eigenvalue weighted by molar-refractivity contribution is 6.10. The van der Waals surface area contributed by atoms with Gasteiger partial charge in [-0.3, -0.25) is 9.69 Å². The summed E-state index contributed by atoms with van der Waals surface area (Å²) in [5, 5.41) is 0. The standard InChI is InChI=1S/C21H33NO3/c1-15(2)17-9-8-16(3)14-18(17)25-20(24)21-11-6-4-5-7-12-22(21)13-10-19(21)23/h4,6,15-18H,5,7-14H2,1-3H3/b6-4-/t16-,17+,18-,21-/m1/s1. The highest BCUT2D eigenvalue weighted by Gasteiger charge is 2.55. The molecule has 0 N–H and O–H groups in total. The minimum Gasteiger partial charge on any atom is -0.460 e. The molecule has 2 fully saturated rings. The van der Waals surface area contributed by atoms with Gasteiger partial charge in [0.05, 0.1) is 0 Å². The zero-order valence-electron chi connectivity index (χ0n) is 16.0. The van der Waals surface area contributed by atoms with Gasteiger partial charge in [-0.25, -0.2) is 4.79 Å². The Balaban J connectivity index is 1.82. The van der Waals surface area contributed by atoms with E-state index in [9.17, 15) is 9.59 Å². The van der Waals surface area contributed by atoms with E-state index in [-0.39, 0.29) is 17.9 Å². The summed E-state index contributed by atoms with van der Waals surface area (Å²) < 4.78 is 6.11. The number of nitrogens with zero attached hydrogens (tertiary/aromatic N) is 1. The first kappa shape index (κ1) is 18.6. The van der Waals surface area contributed by atoms with Crippen molar-refractivity contribution >= 4 is 11.8 Å². The second kappa shape index (κ2) is 7.61. The summed E-state index contributed by atoms with van der Waals surface area (Å²) in [5.41, 5.74) is -1.06. The number of ether oxygens (including phenoxy) is 1. The van der Waals surface area contributed by atoms with Crippen LogP contribution in [0.1, 0.15) is 65.7 Å². The van der Waals surface area contributed by atoms with Crippen molar-refractivity contribution in [2.24, 2.45) is 17.8 Å². The van der Waals surface area contributed by atoms with Gasteiger partial charge in [0.2, 0.25) is 0 Å². The van der Waals surface area contributed by atoms with Crippen LogP contribution in [0.15, 0.2) is 12.2 Å². The Morgan fingerprint density at radius 2 is 2.08 bits per heavy atom. The molecule has 1 saturated carbocycles. The summed E-state index contributed by atoms with van der Waals surface area (Å²) in [5.74, 6) is 1.25. The van der Waals surface area contributed by atoms with E-state index in [1.807, 2.05) is 6.08 Å². The molecule has 0 amide bonds. The maximum Gasteiger partial charge on any atom is 0.334 e. The molecule has 4 atom stereocenters. The lowest BCUT2D eigenvalue weighted by Gasteiger charge is -2.40. The molecule has 0 aromatic heterocycles. The van der Waals surface area contributed by atoms with Crippen LogP contribution in [0.4, 0.5) is 0 Å². The van der Waals surface area contributed by atoms with Gasteiger partial charge in [-0.15, -0.1) is 0 Å². The quantitative estimate of drug-likeness (QED) is 0.443. The van der Waals surface area contributed by atoms with E-state index in [0.29, 0.717) is 37.1 Å². The van der Waals surface area contributed by atoms with Crippen LogP contribution in [0.5, 0.6) is 0 Å². The van der Waals surface area contributed by atoms with Crippen molar-refractivity contribution in [3.63, 3.8) is 0 Å². The first-order valence-electron chi connectivity index (χ1n) is 10.1. The molecule has 1 aliphatic carbocycles. The van der Waals surface area contributed by atoms with Gasteiger partial charge in [0.15, 0.2) is 11.3 Å². The van der Waals surface area contributed by atoms with E-state index in [1.54, 1.807) is 0 Å². The number of Topliss-reactive ketones (excluding diaryl/α,β-unsaturated/α-hetero) is 1. The van der Waals surface area contributed by atoms with Gasteiger partial charge < -0.3 is 4.74 Å². The average molecular weight is 347 g/mol. The van der Waals surface area contributed by atoms with E-state index in [0.717, 1.165) is 32.2 Å². The molecule has 4 heteroatoms. The fraction of sp³-hybridized carbons (Fsp3) is 0.810. The Hall–Kier alpha value is -1.16. The van der Waals surface area contributed by atoms with E-state index < -0.39 is 5.54 Å². The molecule has 2 aliphatic heterocycles. The second-order valence-electron chi connectivity index (χ2n) is 8.61. The summed E-state index contributed by atoms with van der Waals surface area (Å²) in [6.45, 7) is 8.16. The summed E-state index contributed by atoms with van der Waals surface area (Å²) >= 11 is 0. The predicted octanol–water partition coefficient (Wildman–Crippen LogP) is 3.74. The van der Waals surface area contributed by atoms with Crippen molar-refractivity contribution in [3.8, 4) is 0 Å². The molecule has 3 rings (SSSR count). The van der Waals surface area contributed by atoms with E-state index >= 15 is 0 Å². The Bertz CT molecular complexity index is 541. The van der Waals surface area contributed by atoms with Crippen molar-refractivity contribution in [2.75, 3.05) is 13.1 Å². The van der Waals surface area contributed by atoms with Crippen molar-refractivity contribution in [1.29, 1.82) is 0 Å². The van der Waals surface area contributed by atoms with Crippen molar-refractivity contribution in [3.05, 3.63) is 12.2 Å². The molecule has 1 saturated heterocycles. The van der Waals surface area contributed by atoms with Gasteiger partial charge >= 0.3 is 5.97 Å². The van der Waals surface area contributed by atoms with Crippen molar-refractivity contribution < 1.29 is 14.3 Å². The number of rotatable bonds is 3. The molecule has 2 heterocycles. The third kappa shape index (κ3) is 3.55. The highest BCUT2D eigenvalue weighted by Crippen LogP contribution is 2.38. The number of ketones is 1. The van der Waals surface area contributed by atoms with Crippen LogP contribution in [0.3, 0.4) is 0 Å². The summed E-state index contributed by atoms with van der Waals surface area (Å²) in [6.07, 6.45) is 10.3. The number of fused-ring (bicyclic) bond motifs is 1. The van der Waals surface area contributed by atoms with Crippen LogP contribution in [-0.4, -0.2) is 41.4 Å². The minimum atomic E-state index is -1.06. The number of carbonyl (C=O) groups is 2. The van der Waals surface area contributed by atoms with Crippen LogP contribution in [-0.2, 0) is 14.3 Å². The molecule has 140 valence electrons. The Morgan fingerprint density at radius 3 is 2.84 bits per heavy atom. The lowest BCUT2D eigenvalue weighted by atomic mass is 9.75. The number of hydrogen-bond acceptors (Lipinski definition) is 4. The Morgan fingerprint density at radius 1 is 1.28 bits per heavy atom. The number of hydrogen-bond donors (Lipinski definition) is 0. The molecule has 0 radical (unpaired) electrons. The molecule has 0 aromatic rings. The third-order valence-corrected chi connectivity index (χ3v) is 6.55. The van der Waals surface area contributed by atoms with Crippen LogP contribution >= 0.6 is 0 Å². The Kier molecular flexibility index (Phi) is 5.67. The molecule has 0 unspecified atom stereocenters. The largest absolute Gasteiger partial charge is 0.460 e. The van der Waals surface area contributed by atoms with Crippen LogP contribution in [0, 0.1) is 17.8 Å².